The van der Waals surface area contributed by atoms with Crippen LogP contribution in [0.4, 0.5) is 20.8 Å². The van der Waals surface area contributed by atoms with Crippen LogP contribution in [0.5, 0.6) is 0 Å². The first-order valence-corrected chi connectivity index (χ1v) is 9.38. The van der Waals surface area contributed by atoms with Crippen LogP contribution in [0.2, 0.25) is 0 Å². The van der Waals surface area contributed by atoms with Crippen molar-refractivity contribution < 1.29 is 9.18 Å². The molecule has 0 aliphatic carbocycles. The van der Waals surface area contributed by atoms with Crippen LogP contribution >= 0.6 is 0 Å². The summed E-state index contributed by atoms with van der Waals surface area (Å²) in [6.45, 7) is 5.55. The first-order chi connectivity index (χ1) is 12.9. The van der Waals surface area contributed by atoms with E-state index in [-0.39, 0.29) is 17.9 Å². The fourth-order valence-corrected chi connectivity index (χ4v) is 3.22. The Hall–Kier alpha value is -2.64. The summed E-state index contributed by atoms with van der Waals surface area (Å²) in [4.78, 5) is 18.3. The van der Waals surface area contributed by atoms with Crippen molar-refractivity contribution in [2.75, 3.05) is 23.3 Å². The van der Waals surface area contributed by atoms with Gasteiger partial charge in [-0.1, -0.05) is 13.8 Å². The zero-order valence-electron chi connectivity index (χ0n) is 16.1. The van der Waals surface area contributed by atoms with Crippen LogP contribution in [0, 0.1) is 11.7 Å². The average molecular weight is 374 g/mol. The molecule has 0 saturated carbocycles. The van der Waals surface area contributed by atoms with Crippen molar-refractivity contribution in [2.45, 2.75) is 39.2 Å². The molecule has 1 saturated heterocycles. The van der Waals surface area contributed by atoms with Crippen LogP contribution < -0.4 is 15.5 Å². The third-order valence-electron chi connectivity index (χ3n) is 4.71. The third-order valence-corrected chi connectivity index (χ3v) is 4.71. The lowest BCUT2D eigenvalue weighted by Gasteiger charge is -2.18. The zero-order valence-corrected chi connectivity index (χ0v) is 16.1. The summed E-state index contributed by atoms with van der Waals surface area (Å²) in [7, 11) is 1.82. The van der Waals surface area contributed by atoms with Crippen LogP contribution in [-0.2, 0) is 13.5 Å². The molecular formula is C19H27FN6O. The van der Waals surface area contributed by atoms with Crippen molar-refractivity contribution in [3.63, 3.8) is 0 Å². The van der Waals surface area contributed by atoms with Crippen LogP contribution in [0.3, 0.4) is 0 Å². The molecule has 0 radical (unpaired) electrons. The number of nitrogens with zero attached hydrogens (tertiary/aromatic N) is 4. The molecule has 1 atom stereocenters. The lowest BCUT2D eigenvalue weighted by molar-refractivity contribution is 0.249. The number of carbonyl (C=O) groups excluding carboxylic acids is 1. The van der Waals surface area contributed by atoms with Gasteiger partial charge in [0.1, 0.15) is 5.82 Å². The van der Waals surface area contributed by atoms with E-state index >= 15 is 0 Å². The fourth-order valence-electron chi connectivity index (χ4n) is 3.22. The van der Waals surface area contributed by atoms with Crippen molar-refractivity contribution in [3.8, 4) is 0 Å². The summed E-state index contributed by atoms with van der Waals surface area (Å²) in [5, 5.41) is 10.2. The molecule has 3 rings (SSSR count). The molecule has 1 aliphatic heterocycles. The summed E-state index contributed by atoms with van der Waals surface area (Å²) in [6, 6.07) is 4.55. The van der Waals surface area contributed by atoms with Gasteiger partial charge in [0.05, 0.1) is 5.69 Å². The Morgan fingerprint density at radius 3 is 3.00 bits per heavy atom. The van der Waals surface area contributed by atoms with E-state index in [1.54, 1.807) is 16.9 Å². The predicted octanol–water partition coefficient (Wildman–Crippen LogP) is 2.94. The summed E-state index contributed by atoms with van der Waals surface area (Å²) < 4.78 is 15.5. The highest BCUT2D eigenvalue weighted by atomic mass is 19.1. The molecule has 2 amide bonds. The molecule has 8 heteroatoms. The Kier molecular flexibility index (Phi) is 5.93. The SMILES string of the molecule is CC(C)CCc1cc(NC(=O)NC2CCN(c3ncccc3F)C2)n(C)n1. The van der Waals surface area contributed by atoms with Crippen LogP contribution in [0.15, 0.2) is 24.4 Å². The smallest absolute Gasteiger partial charge is 0.320 e. The van der Waals surface area contributed by atoms with Gasteiger partial charge in [-0.3, -0.25) is 10.00 Å². The second-order valence-electron chi connectivity index (χ2n) is 7.42. The number of aromatic nitrogens is 3. The number of rotatable bonds is 6. The Bertz CT molecular complexity index is 790. The van der Waals surface area contributed by atoms with Gasteiger partial charge >= 0.3 is 6.03 Å². The molecule has 0 spiro atoms. The molecule has 3 heterocycles. The van der Waals surface area contributed by atoms with Crippen LogP contribution in [0.1, 0.15) is 32.4 Å². The third kappa shape index (κ3) is 4.96. The van der Waals surface area contributed by atoms with Gasteiger partial charge in [-0.25, -0.2) is 14.2 Å². The van der Waals surface area contributed by atoms with E-state index in [0.717, 1.165) is 25.0 Å². The fraction of sp³-hybridized carbons (Fsp3) is 0.526. The predicted molar refractivity (Wildman–Crippen MR) is 103 cm³/mol. The van der Waals surface area contributed by atoms with E-state index in [4.69, 9.17) is 0 Å². The Morgan fingerprint density at radius 2 is 2.26 bits per heavy atom. The minimum atomic E-state index is -0.341. The van der Waals surface area contributed by atoms with Gasteiger partial charge in [-0.15, -0.1) is 0 Å². The molecule has 1 aliphatic rings. The highest BCUT2D eigenvalue weighted by molar-refractivity contribution is 5.88. The van der Waals surface area contributed by atoms with E-state index in [9.17, 15) is 9.18 Å². The van der Waals surface area contributed by atoms with E-state index < -0.39 is 0 Å². The maximum Gasteiger partial charge on any atom is 0.320 e. The van der Waals surface area contributed by atoms with Crippen molar-refractivity contribution >= 4 is 17.7 Å². The monoisotopic (exact) mass is 374 g/mol. The summed E-state index contributed by atoms with van der Waals surface area (Å²) in [5.74, 6) is 1.27. The van der Waals surface area contributed by atoms with Gasteiger partial charge in [0, 0.05) is 38.4 Å². The average Bonchev–Trinajstić information content (AvgIpc) is 3.20. The van der Waals surface area contributed by atoms with Gasteiger partial charge in [0.25, 0.3) is 0 Å². The first kappa shape index (κ1) is 19.1. The van der Waals surface area contributed by atoms with Gasteiger partial charge in [-0.2, -0.15) is 5.10 Å². The first-order valence-electron chi connectivity index (χ1n) is 9.38. The Balaban J connectivity index is 1.52. The number of aryl methyl sites for hydroxylation is 2. The molecule has 27 heavy (non-hydrogen) atoms. The topological polar surface area (TPSA) is 75.1 Å². The number of hydrogen-bond donors (Lipinski definition) is 2. The zero-order chi connectivity index (χ0) is 19.4. The number of carbonyl (C=O) groups is 1. The van der Waals surface area contributed by atoms with E-state index in [1.807, 2.05) is 18.0 Å². The quantitative estimate of drug-likeness (QED) is 0.815. The number of amides is 2. The standard InChI is InChI=1S/C19H27FN6O/c1-13(2)6-7-14-11-17(25(3)24-14)23-19(27)22-15-8-10-26(12-15)18-16(20)5-4-9-21-18/h4-5,9,11,13,15H,6-8,10,12H2,1-3H3,(H2,22,23,27). The van der Waals surface area contributed by atoms with E-state index in [1.165, 1.54) is 6.07 Å². The number of halogens is 1. The van der Waals surface area contributed by atoms with Crippen molar-refractivity contribution in [3.05, 3.63) is 35.9 Å². The summed E-state index contributed by atoms with van der Waals surface area (Å²) >= 11 is 0. The lowest BCUT2D eigenvalue weighted by Crippen LogP contribution is -2.40. The van der Waals surface area contributed by atoms with Crippen LogP contribution in [-0.4, -0.2) is 39.9 Å². The number of urea groups is 1. The van der Waals surface area contributed by atoms with Crippen molar-refractivity contribution in [2.24, 2.45) is 13.0 Å². The van der Waals surface area contributed by atoms with Gasteiger partial charge in [0.15, 0.2) is 11.6 Å². The van der Waals surface area contributed by atoms with Crippen molar-refractivity contribution in [1.29, 1.82) is 0 Å². The van der Waals surface area contributed by atoms with E-state index in [0.29, 0.717) is 30.6 Å². The molecule has 0 bridgehead atoms. The van der Waals surface area contributed by atoms with Gasteiger partial charge in [-0.05, 0) is 37.3 Å². The molecule has 1 unspecified atom stereocenters. The molecule has 0 aromatic carbocycles. The van der Waals surface area contributed by atoms with Gasteiger partial charge in [0.2, 0.25) is 0 Å². The molecule has 1 fully saturated rings. The van der Waals surface area contributed by atoms with Gasteiger partial charge < -0.3 is 10.2 Å². The highest BCUT2D eigenvalue weighted by Gasteiger charge is 2.26. The normalized spacial score (nSPS) is 16.8. The summed E-state index contributed by atoms with van der Waals surface area (Å²) in [6.07, 6.45) is 4.27. The number of anilines is 2. The Labute approximate surface area is 159 Å². The largest absolute Gasteiger partial charge is 0.352 e. The highest BCUT2D eigenvalue weighted by Crippen LogP contribution is 2.21. The summed E-state index contributed by atoms with van der Waals surface area (Å²) in [5.41, 5.74) is 0.971. The minimum absolute atomic E-state index is 0.0555. The number of nitrogens with one attached hydrogen (secondary N) is 2. The molecule has 2 aromatic heterocycles. The minimum Gasteiger partial charge on any atom is -0.352 e. The van der Waals surface area contributed by atoms with E-state index in [2.05, 4.69) is 34.6 Å². The molecule has 7 nitrogen and oxygen atoms in total. The molecule has 146 valence electrons. The lowest BCUT2D eigenvalue weighted by atomic mass is 10.1. The Morgan fingerprint density at radius 1 is 1.44 bits per heavy atom. The number of hydrogen-bond acceptors (Lipinski definition) is 4. The second-order valence-corrected chi connectivity index (χ2v) is 7.42. The van der Waals surface area contributed by atoms with Crippen molar-refractivity contribution in [1.82, 2.24) is 20.1 Å². The maximum atomic E-state index is 13.9. The second kappa shape index (κ2) is 8.37. The number of pyridine rings is 1. The molecular weight excluding hydrogens is 347 g/mol. The molecule has 2 N–H and O–H groups in total. The van der Waals surface area contributed by atoms with Crippen LogP contribution in [0.25, 0.3) is 0 Å². The maximum absolute atomic E-state index is 13.9. The molecule has 2 aromatic rings.